The van der Waals surface area contributed by atoms with E-state index >= 15 is 0 Å². The van der Waals surface area contributed by atoms with Gasteiger partial charge in [-0.05, 0) is 49.2 Å². The number of benzene rings is 3. The predicted octanol–water partition coefficient (Wildman–Crippen LogP) is 6.17. The first kappa shape index (κ1) is 23.0. The zero-order chi connectivity index (χ0) is 23.8. The van der Waals surface area contributed by atoms with Crippen molar-refractivity contribution in [1.29, 1.82) is 0 Å². The van der Waals surface area contributed by atoms with Gasteiger partial charge >= 0.3 is 0 Å². The summed E-state index contributed by atoms with van der Waals surface area (Å²) in [4.78, 5) is 21.4. The Kier molecular flexibility index (Phi) is 7.50. The SMILES string of the molecule is CCCc1ccc(OCC(=O)Nc2cccc(Nc3cc(-c4ccccc4)nc(C)n3)c2)cc1. The van der Waals surface area contributed by atoms with Gasteiger partial charge in [0.25, 0.3) is 5.91 Å². The van der Waals surface area contributed by atoms with E-state index in [1.165, 1.54) is 5.56 Å². The molecule has 0 atom stereocenters. The second-order valence-electron chi connectivity index (χ2n) is 7.99. The summed E-state index contributed by atoms with van der Waals surface area (Å²) in [6, 6.07) is 27.2. The van der Waals surface area contributed by atoms with Crippen LogP contribution in [0, 0.1) is 6.92 Å². The third-order valence-corrected chi connectivity index (χ3v) is 5.16. The number of hydrogen-bond acceptors (Lipinski definition) is 5. The van der Waals surface area contributed by atoms with Crippen molar-refractivity contribution in [2.24, 2.45) is 0 Å². The summed E-state index contributed by atoms with van der Waals surface area (Å²) in [5.74, 6) is 1.82. The zero-order valence-corrected chi connectivity index (χ0v) is 19.4. The summed E-state index contributed by atoms with van der Waals surface area (Å²) in [6.07, 6.45) is 2.13. The molecule has 0 aliphatic rings. The van der Waals surface area contributed by atoms with Gasteiger partial charge in [0.2, 0.25) is 0 Å². The fourth-order valence-electron chi connectivity index (χ4n) is 3.60. The van der Waals surface area contributed by atoms with Crippen LogP contribution < -0.4 is 15.4 Å². The second kappa shape index (κ2) is 11.1. The molecular formula is C28H28N4O2. The largest absolute Gasteiger partial charge is 0.484 e. The van der Waals surface area contributed by atoms with Gasteiger partial charge in [0.1, 0.15) is 17.4 Å². The summed E-state index contributed by atoms with van der Waals surface area (Å²) in [7, 11) is 0. The average Bonchev–Trinajstić information content (AvgIpc) is 2.84. The van der Waals surface area contributed by atoms with Crippen LogP contribution >= 0.6 is 0 Å². The van der Waals surface area contributed by atoms with Gasteiger partial charge < -0.3 is 15.4 Å². The Morgan fingerprint density at radius 2 is 1.65 bits per heavy atom. The summed E-state index contributed by atoms with van der Waals surface area (Å²) in [6.45, 7) is 3.96. The molecule has 3 aromatic carbocycles. The van der Waals surface area contributed by atoms with Gasteiger partial charge in [0, 0.05) is 23.0 Å². The number of nitrogens with one attached hydrogen (secondary N) is 2. The molecule has 0 aliphatic carbocycles. The number of ether oxygens (including phenoxy) is 1. The fraction of sp³-hybridized carbons (Fsp3) is 0.179. The van der Waals surface area contributed by atoms with Gasteiger partial charge in [-0.2, -0.15) is 0 Å². The molecule has 6 heteroatoms. The normalized spacial score (nSPS) is 10.5. The van der Waals surface area contributed by atoms with E-state index < -0.39 is 0 Å². The lowest BCUT2D eigenvalue weighted by Crippen LogP contribution is -2.20. The van der Waals surface area contributed by atoms with E-state index in [0.717, 1.165) is 29.8 Å². The van der Waals surface area contributed by atoms with Crippen LogP contribution in [0.4, 0.5) is 17.2 Å². The third kappa shape index (κ3) is 6.42. The van der Waals surface area contributed by atoms with E-state index in [-0.39, 0.29) is 12.5 Å². The molecule has 4 rings (SSSR count). The summed E-state index contributed by atoms with van der Waals surface area (Å²) in [5, 5.41) is 6.19. The molecule has 0 fully saturated rings. The maximum absolute atomic E-state index is 12.4. The number of carbonyl (C=O) groups is 1. The van der Waals surface area contributed by atoms with Gasteiger partial charge in [0.15, 0.2) is 6.61 Å². The number of nitrogens with zero attached hydrogens (tertiary/aromatic N) is 2. The molecule has 0 bridgehead atoms. The maximum atomic E-state index is 12.4. The first-order valence-corrected chi connectivity index (χ1v) is 11.4. The quantitative estimate of drug-likeness (QED) is 0.318. The highest BCUT2D eigenvalue weighted by atomic mass is 16.5. The molecule has 172 valence electrons. The maximum Gasteiger partial charge on any atom is 0.262 e. The van der Waals surface area contributed by atoms with E-state index in [9.17, 15) is 4.79 Å². The molecule has 0 aliphatic heterocycles. The van der Waals surface area contributed by atoms with Crippen molar-refractivity contribution in [2.75, 3.05) is 17.2 Å². The Labute approximate surface area is 200 Å². The highest BCUT2D eigenvalue weighted by Gasteiger charge is 2.07. The monoisotopic (exact) mass is 452 g/mol. The number of aryl methyl sites for hydroxylation is 2. The van der Waals surface area contributed by atoms with Gasteiger partial charge in [-0.15, -0.1) is 0 Å². The Morgan fingerprint density at radius 1 is 0.882 bits per heavy atom. The number of rotatable bonds is 9. The fourth-order valence-corrected chi connectivity index (χ4v) is 3.60. The summed E-state index contributed by atoms with van der Waals surface area (Å²) >= 11 is 0. The lowest BCUT2D eigenvalue weighted by atomic mass is 10.1. The number of amides is 1. The van der Waals surface area contributed by atoms with Crippen LogP contribution in [0.15, 0.2) is 84.9 Å². The van der Waals surface area contributed by atoms with Crippen LogP contribution in [0.1, 0.15) is 24.7 Å². The minimum Gasteiger partial charge on any atom is -0.484 e. The first-order valence-electron chi connectivity index (χ1n) is 11.4. The molecule has 4 aromatic rings. The van der Waals surface area contributed by atoms with E-state index in [0.29, 0.717) is 23.1 Å². The number of hydrogen-bond donors (Lipinski definition) is 2. The van der Waals surface area contributed by atoms with E-state index in [4.69, 9.17) is 4.74 Å². The summed E-state index contributed by atoms with van der Waals surface area (Å²) in [5.41, 5.74) is 4.61. The van der Waals surface area contributed by atoms with Gasteiger partial charge in [-0.25, -0.2) is 9.97 Å². The van der Waals surface area contributed by atoms with E-state index in [2.05, 4.69) is 27.5 Å². The van der Waals surface area contributed by atoms with Crippen molar-refractivity contribution in [3.05, 3.63) is 96.3 Å². The van der Waals surface area contributed by atoms with Crippen LogP contribution in [0.25, 0.3) is 11.3 Å². The number of anilines is 3. The van der Waals surface area contributed by atoms with Crippen molar-refractivity contribution in [2.45, 2.75) is 26.7 Å². The smallest absolute Gasteiger partial charge is 0.262 e. The topological polar surface area (TPSA) is 76.1 Å². The molecule has 1 aromatic heterocycles. The molecule has 1 heterocycles. The predicted molar refractivity (Wildman–Crippen MR) is 136 cm³/mol. The molecule has 1 amide bonds. The molecule has 0 saturated carbocycles. The van der Waals surface area contributed by atoms with Crippen LogP contribution in [-0.2, 0) is 11.2 Å². The molecule has 0 spiro atoms. The van der Waals surface area contributed by atoms with Crippen molar-refractivity contribution in [1.82, 2.24) is 9.97 Å². The molecular weight excluding hydrogens is 424 g/mol. The van der Waals surface area contributed by atoms with Crippen molar-refractivity contribution < 1.29 is 9.53 Å². The van der Waals surface area contributed by atoms with Crippen LogP contribution in [0.2, 0.25) is 0 Å². The lowest BCUT2D eigenvalue weighted by Gasteiger charge is -2.11. The molecule has 6 nitrogen and oxygen atoms in total. The van der Waals surface area contributed by atoms with E-state index in [1.54, 1.807) is 0 Å². The van der Waals surface area contributed by atoms with Crippen molar-refractivity contribution in [3.8, 4) is 17.0 Å². The summed E-state index contributed by atoms with van der Waals surface area (Å²) < 4.78 is 5.62. The van der Waals surface area contributed by atoms with Crippen molar-refractivity contribution >= 4 is 23.1 Å². The van der Waals surface area contributed by atoms with Crippen LogP contribution in [0.5, 0.6) is 5.75 Å². The Balaban J connectivity index is 1.37. The molecule has 0 saturated heterocycles. The molecule has 2 N–H and O–H groups in total. The van der Waals surface area contributed by atoms with Gasteiger partial charge in [-0.3, -0.25) is 4.79 Å². The molecule has 34 heavy (non-hydrogen) atoms. The minimum absolute atomic E-state index is 0.0592. The van der Waals surface area contributed by atoms with Crippen molar-refractivity contribution in [3.63, 3.8) is 0 Å². The third-order valence-electron chi connectivity index (χ3n) is 5.16. The minimum atomic E-state index is -0.223. The van der Waals surface area contributed by atoms with Crippen LogP contribution in [-0.4, -0.2) is 22.5 Å². The van der Waals surface area contributed by atoms with Crippen LogP contribution in [0.3, 0.4) is 0 Å². The lowest BCUT2D eigenvalue weighted by molar-refractivity contribution is -0.118. The Morgan fingerprint density at radius 3 is 2.41 bits per heavy atom. The zero-order valence-electron chi connectivity index (χ0n) is 19.4. The standard InChI is InChI=1S/C28H28N4O2/c1-3-8-21-13-15-25(16-14-21)34-19-28(33)32-24-12-7-11-23(17-24)31-27-18-26(29-20(2)30-27)22-9-5-4-6-10-22/h4-7,9-18H,3,8,19H2,1-2H3,(H,32,33)(H,29,30,31). The number of carbonyl (C=O) groups excluding carboxylic acids is 1. The van der Waals surface area contributed by atoms with Gasteiger partial charge in [-0.1, -0.05) is 61.9 Å². The Bertz CT molecular complexity index is 1240. The average molecular weight is 453 g/mol. The molecule has 0 unspecified atom stereocenters. The first-order chi connectivity index (χ1) is 16.6. The highest BCUT2D eigenvalue weighted by Crippen LogP contribution is 2.23. The second-order valence-corrected chi connectivity index (χ2v) is 7.99. The van der Waals surface area contributed by atoms with E-state index in [1.807, 2.05) is 91.9 Å². The highest BCUT2D eigenvalue weighted by molar-refractivity contribution is 5.92. The Hall–Kier alpha value is -4.19. The number of aromatic nitrogens is 2. The molecule has 0 radical (unpaired) electrons. The van der Waals surface area contributed by atoms with Gasteiger partial charge in [0.05, 0.1) is 5.69 Å².